The molecule has 0 aromatic carbocycles. The summed E-state index contributed by atoms with van der Waals surface area (Å²) in [4.78, 5) is 41.7. The Morgan fingerprint density at radius 3 is 1.64 bits per heavy atom. The predicted molar refractivity (Wildman–Crippen MR) is 68.9 cm³/mol. The number of hydrogen-bond acceptors (Lipinski definition) is 7. The van der Waals surface area contributed by atoms with Gasteiger partial charge in [0.1, 0.15) is 17.8 Å². The highest BCUT2D eigenvalue weighted by molar-refractivity contribution is 5.81. The van der Waals surface area contributed by atoms with Crippen LogP contribution < -0.4 is 5.73 Å². The Bertz CT molecular complexity index is 462. The van der Waals surface area contributed by atoms with Crippen LogP contribution in [0.1, 0.15) is 19.8 Å². The second-order valence-corrected chi connectivity index (χ2v) is 4.84. The number of nitrogens with zero attached hydrogens (tertiary/aromatic N) is 1. The molecule has 0 aliphatic carbocycles. The summed E-state index contributed by atoms with van der Waals surface area (Å²) in [5.41, 5.74) is 3.68. The quantitative estimate of drug-likeness (QED) is 0.278. The van der Waals surface area contributed by atoms with Gasteiger partial charge in [-0.1, -0.05) is 0 Å². The number of rotatable bonds is 7. The molecule has 7 N–H and O–H groups in total. The molecule has 4 atom stereocenters. The molecule has 1 fully saturated rings. The Morgan fingerprint density at radius 2 is 1.45 bits per heavy atom. The molecule has 1 aliphatic rings. The van der Waals surface area contributed by atoms with E-state index in [9.17, 15) is 24.3 Å². The van der Waals surface area contributed by atoms with Crippen LogP contribution in [0.4, 0.5) is 0 Å². The maximum atomic E-state index is 10.6. The molecule has 0 aromatic rings. The lowest BCUT2D eigenvalue weighted by molar-refractivity contribution is -0.149. The van der Waals surface area contributed by atoms with Crippen LogP contribution in [-0.4, -0.2) is 78.7 Å². The van der Waals surface area contributed by atoms with Gasteiger partial charge < -0.3 is 31.3 Å². The highest BCUT2D eigenvalue weighted by Gasteiger charge is 2.52. The van der Waals surface area contributed by atoms with Gasteiger partial charge in [0, 0.05) is 6.54 Å². The number of carbonyl (C=O) groups is 4. The van der Waals surface area contributed by atoms with Gasteiger partial charge in [-0.05, 0) is 6.92 Å². The van der Waals surface area contributed by atoms with Crippen molar-refractivity contribution in [3.63, 3.8) is 0 Å². The molecule has 11 nitrogen and oxygen atoms in total. The van der Waals surface area contributed by atoms with Gasteiger partial charge in [0.25, 0.3) is 0 Å². The zero-order valence-corrected chi connectivity index (χ0v) is 11.7. The first kappa shape index (κ1) is 19.8. The first-order valence-electron chi connectivity index (χ1n) is 6.02. The molecule has 11 heteroatoms. The van der Waals surface area contributed by atoms with E-state index < -0.39 is 54.5 Å². The average molecular weight is 322 g/mol. The SMILES string of the molecule is CC1(O)CN1C(CC(=O)O)C(=O)O.NC(CC(=O)O)C(=O)O. The third-order valence-electron chi connectivity index (χ3n) is 2.73. The van der Waals surface area contributed by atoms with E-state index in [2.05, 4.69) is 0 Å². The maximum Gasteiger partial charge on any atom is 0.321 e. The summed E-state index contributed by atoms with van der Waals surface area (Å²) in [7, 11) is 0. The summed E-state index contributed by atoms with van der Waals surface area (Å²) in [6, 6.07) is -2.42. The lowest BCUT2D eigenvalue weighted by Gasteiger charge is -2.13. The van der Waals surface area contributed by atoms with E-state index in [-0.39, 0.29) is 6.54 Å². The summed E-state index contributed by atoms with van der Waals surface area (Å²) >= 11 is 0. The molecule has 1 saturated heterocycles. The number of hydrogen-bond donors (Lipinski definition) is 6. The van der Waals surface area contributed by atoms with Gasteiger partial charge in [-0.15, -0.1) is 0 Å². The molecule has 1 heterocycles. The summed E-state index contributed by atoms with van der Waals surface area (Å²) in [5.74, 6) is -4.91. The molecule has 0 bridgehead atoms. The molecule has 0 spiro atoms. The van der Waals surface area contributed by atoms with Crippen LogP contribution in [-0.2, 0) is 19.2 Å². The van der Waals surface area contributed by atoms with E-state index in [1.807, 2.05) is 0 Å². The molecular weight excluding hydrogens is 304 g/mol. The van der Waals surface area contributed by atoms with Crippen LogP contribution in [0.3, 0.4) is 0 Å². The van der Waals surface area contributed by atoms with Crippen molar-refractivity contribution in [2.45, 2.75) is 37.6 Å². The summed E-state index contributed by atoms with van der Waals surface area (Å²) in [6.45, 7) is 1.65. The Hall–Kier alpha value is -2.24. The minimum Gasteiger partial charge on any atom is -0.481 e. The van der Waals surface area contributed by atoms with Gasteiger partial charge in [-0.2, -0.15) is 0 Å². The fraction of sp³-hybridized carbons (Fsp3) is 0.636. The van der Waals surface area contributed by atoms with Crippen LogP contribution in [0.2, 0.25) is 0 Å². The fourth-order valence-corrected chi connectivity index (χ4v) is 1.50. The summed E-state index contributed by atoms with van der Waals surface area (Å²) < 4.78 is 0. The van der Waals surface area contributed by atoms with E-state index in [0.29, 0.717) is 0 Å². The van der Waals surface area contributed by atoms with Crippen LogP contribution in [0.15, 0.2) is 0 Å². The molecule has 126 valence electrons. The van der Waals surface area contributed by atoms with Crippen LogP contribution in [0.5, 0.6) is 0 Å². The van der Waals surface area contributed by atoms with E-state index in [1.54, 1.807) is 0 Å². The summed E-state index contributed by atoms with van der Waals surface area (Å²) in [5, 5.41) is 42.4. The minimum absolute atomic E-state index is 0.206. The van der Waals surface area contributed by atoms with Crippen molar-refractivity contribution >= 4 is 23.9 Å². The zero-order chi connectivity index (χ0) is 17.7. The smallest absolute Gasteiger partial charge is 0.321 e. The van der Waals surface area contributed by atoms with Crippen molar-refractivity contribution in [1.82, 2.24) is 4.90 Å². The van der Waals surface area contributed by atoms with Gasteiger partial charge in [-0.3, -0.25) is 24.1 Å². The normalized spacial score (nSPS) is 25.1. The van der Waals surface area contributed by atoms with Gasteiger partial charge in [-0.25, -0.2) is 0 Å². The standard InChI is InChI=1S/C7H11NO5.C4H7NO4/c1-7(13)3-8(7)4(6(11)12)2-5(9)10;5-2(4(8)9)1-3(6)7/h4,13H,2-3H2,1H3,(H,9,10)(H,11,12);2H,1,5H2,(H,6,7)(H,8,9). The fourth-order valence-electron chi connectivity index (χ4n) is 1.50. The molecule has 0 aromatic heterocycles. The van der Waals surface area contributed by atoms with Crippen molar-refractivity contribution in [2.24, 2.45) is 5.73 Å². The monoisotopic (exact) mass is 322 g/mol. The Morgan fingerprint density at radius 1 is 1.05 bits per heavy atom. The number of nitrogens with two attached hydrogens (primary N) is 1. The molecule has 0 saturated carbocycles. The second kappa shape index (κ2) is 7.68. The molecule has 0 amide bonds. The first-order valence-corrected chi connectivity index (χ1v) is 6.02. The van der Waals surface area contributed by atoms with E-state index in [0.717, 1.165) is 0 Å². The Balaban J connectivity index is 0.000000433. The minimum atomic E-state index is -1.29. The number of carboxylic acid groups (broad SMARTS) is 4. The molecule has 1 aliphatic heterocycles. The van der Waals surface area contributed by atoms with Crippen LogP contribution in [0.25, 0.3) is 0 Å². The van der Waals surface area contributed by atoms with Gasteiger partial charge in [0.15, 0.2) is 0 Å². The lowest BCUT2D eigenvalue weighted by atomic mass is 10.2. The maximum absolute atomic E-state index is 10.6. The van der Waals surface area contributed by atoms with Crippen molar-refractivity contribution in [3.8, 4) is 0 Å². The Labute approximate surface area is 124 Å². The molecule has 1 rings (SSSR count). The number of aliphatic hydroxyl groups is 1. The molecular formula is C11H18N2O9. The predicted octanol–water partition coefficient (Wildman–Crippen LogP) is -2.19. The number of carboxylic acids is 4. The molecule has 4 unspecified atom stereocenters. The average Bonchev–Trinajstić information content (AvgIpc) is 2.94. The van der Waals surface area contributed by atoms with Crippen molar-refractivity contribution < 1.29 is 44.7 Å². The highest BCUT2D eigenvalue weighted by atomic mass is 16.4. The largest absolute Gasteiger partial charge is 0.481 e. The third kappa shape index (κ3) is 6.97. The van der Waals surface area contributed by atoms with Gasteiger partial charge in [0.05, 0.1) is 12.8 Å². The Kier molecular flexibility index (Phi) is 6.90. The van der Waals surface area contributed by atoms with E-state index >= 15 is 0 Å². The summed E-state index contributed by atoms with van der Waals surface area (Å²) in [6.07, 6.45) is -1.03. The van der Waals surface area contributed by atoms with E-state index in [1.165, 1.54) is 11.8 Å². The van der Waals surface area contributed by atoms with Crippen molar-refractivity contribution in [2.75, 3.05) is 6.54 Å². The van der Waals surface area contributed by atoms with E-state index in [4.69, 9.17) is 26.2 Å². The second-order valence-electron chi connectivity index (χ2n) is 4.84. The number of aliphatic carboxylic acids is 4. The topological polar surface area (TPSA) is 198 Å². The first-order chi connectivity index (χ1) is 9.88. The highest BCUT2D eigenvalue weighted by Crippen LogP contribution is 2.32. The lowest BCUT2D eigenvalue weighted by Crippen LogP contribution is -2.35. The molecule has 22 heavy (non-hydrogen) atoms. The van der Waals surface area contributed by atoms with Crippen LogP contribution >= 0.6 is 0 Å². The van der Waals surface area contributed by atoms with Crippen molar-refractivity contribution in [1.29, 1.82) is 0 Å². The van der Waals surface area contributed by atoms with Gasteiger partial charge in [0.2, 0.25) is 0 Å². The van der Waals surface area contributed by atoms with Crippen molar-refractivity contribution in [3.05, 3.63) is 0 Å². The zero-order valence-electron chi connectivity index (χ0n) is 11.7. The molecule has 0 radical (unpaired) electrons. The number of β-amino-alcohol motifs (C(OH)–C–C–N with tert-alkyl or cyclic N) is 1. The van der Waals surface area contributed by atoms with Gasteiger partial charge >= 0.3 is 23.9 Å². The third-order valence-corrected chi connectivity index (χ3v) is 2.73. The van der Waals surface area contributed by atoms with Crippen LogP contribution in [0, 0.1) is 0 Å².